The smallest absolute Gasteiger partial charge is 0.238 e. The van der Waals surface area contributed by atoms with Crippen LogP contribution in [-0.2, 0) is 11.3 Å². The topological polar surface area (TPSA) is 41.1 Å². The van der Waals surface area contributed by atoms with Crippen LogP contribution >= 0.6 is 38.9 Å². The van der Waals surface area contributed by atoms with Crippen LogP contribution in [0, 0.1) is 0 Å². The Morgan fingerprint density at radius 3 is 2.58 bits per heavy atom. The Kier molecular flexibility index (Phi) is 5.39. The summed E-state index contributed by atoms with van der Waals surface area (Å²) in [7, 11) is 0. The van der Waals surface area contributed by atoms with Crippen LogP contribution in [0.5, 0.6) is 0 Å². The zero-order valence-corrected chi connectivity index (χ0v) is 13.1. The molecule has 0 saturated carbocycles. The van der Waals surface area contributed by atoms with Gasteiger partial charge in [0.05, 0.1) is 10.9 Å². The van der Waals surface area contributed by atoms with Gasteiger partial charge in [0.2, 0.25) is 5.91 Å². The van der Waals surface area contributed by atoms with Gasteiger partial charge in [-0.25, -0.2) is 0 Å². The number of carbonyl (C=O) groups is 1. The Balaban J connectivity index is 1.74. The molecule has 1 amide bonds. The van der Waals surface area contributed by atoms with E-state index in [4.69, 9.17) is 11.6 Å². The molecule has 0 aliphatic carbocycles. The summed E-state index contributed by atoms with van der Waals surface area (Å²) in [5, 5.41) is 5.89. The number of carbonyl (C=O) groups excluding carboxylic acids is 1. The van der Waals surface area contributed by atoms with Crippen molar-refractivity contribution in [2.45, 2.75) is 6.54 Å². The van der Waals surface area contributed by atoms with Crippen molar-refractivity contribution in [1.82, 2.24) is 5.32 Å². The summed E-state index contributed by atoms with van der Waals surface area (Å²) in [4.78, 5) is 12.8. The monoisotopic (exact) mass is 358 g/mol. The molecule has 6 heteroatoms. The zero-order valence-electron chi connectivity index (χ0n) is 9.95. The zero-order chi connectivity index (χ0) is 13.7. The summed E-state index contributed by atoms with van der Waals surface area (Å²) >= 11 is 10.7. The first-order chi connectivity index (χ1) is 9.13. The lowest BCUT2D eigenvalue weighted by molar-refractivity contribution is -0.115. The molecular formula is C13H12BrClN2OS. The summed E-state index contributed by atoms with van der Waals surface area (Å²) in [6, 6.07) is 11.3. The van der Waals surface area contributed by atoms with Gasteiger partial charge in [-0.05, 0) is 36.4 Å². The van der Waals surface area contributed by atoms with Crippen molar-refractivity contribution in [1.29, 1.82) is 0 Å². The van der Waals surface area contributed by atoms with Gasteiger partial charge in [0.15, 0.2) is 0 Å². The van der Waals surface area contributed by atoms with E-state index >= 15 is 0 Å². The molecule has 1 heterocycles. The molecule has 0 aliphatic rings. The molecule has 0 fully saturated rings. The van der Waals surface area contributed by atoms with E-state index in [1.54, 1.807) is 0 Å². The SMILES string of the molecule is O=C(CNCc1ccc(Cl)s1)Nc1ccc(Br)cc1. The van der Waals surface area contributed by atoms with Gasteiger partial charge in [-0.3, -0.25) is 4.79 Å². The molecule has 0 saturated heterocycles. The number of rotatable bonds is 5. The summed E-state index contributed by atoms with van der Waals surface area (Å²) in [5.74, 6) is -0.0648. The molecule has 2 rings (SSSR count). The van der Waals surface area contributed by atoms with E-state index < -0.39 is 0 Å². The van der Waals surface area contributed by atoms with Crippen LogP contribution in [0.15, 0.2) is 40.9 Å². The Bertz CT molecular complexity index is 556. The summed E-state index contributed by atoms with van der Waals surface area (Å²) in [6.07, 6.45) is 0. The number of halogens is 2. The molecule has 0 spiro atoms. The normalized spacial score (nSPS) is 10.4. The van der Waals surface area contributed by atoms with Gasteiger partial charge in [-0.2, -0.15) is 0 Å². The van der Waals surface area contributed by atoms with Gasteiger partial charge in [0.1, 0.15) is 0 Å². The van der Waals surface area contributed by atoms with Crippen molar-refractivity contribution in [3.05, 3.63) is 50.1 Å². The van der Waals surface area contributed by atoms with E-state index in [0.29, 0.717) is 6.54 Å². The van der Waals surface area contributed by atoms with Gasteiger partial charge in [0.25, 0.3) is 0 Å². The van der Waals surface area contributed by atoms with Gasteiger partial charge in [0, 0.05) is 21.6 Å². The van der Waals surface area contributed by atoms with Gasteiger partial charge in [-0.15, -0.1) is 11.3 Å². The highest BCUT2D eigenvalue weighted by molar-refractivity contribution is 9.10. The molecule has 0 atom stereocenters. The maximum atomic E-state index is 11.7. The van der Waals surface area contributed by atoms with E-state index in [2.05, 4.69) is 26.6 Å². The van der Waals surface area contributed by atoms with Crippen molar-refractivity contribution < 1.29 is 4.79 Å². The highest BCUT2D eigenvalue weighted by Gasteiger charge is 2.03. The molecule has 1 aromatic heterocycles. The molecule has 0 radical (unpaired) electrons. The maximum absolute atomic E-state index is 11.7. The average Bonchev–Trinajstić information content (AvgIpc) is 2.78. The lowest BCUT2D eigenvalue weighted by Gasteiger charge is -2.06. The van der Waals surface area contributed by atoms with Crippen LogP contribution < -0.4 is 10.6 Å². The Morgan fingerprint density at radius 2 is 1.95 bits per heavy atom. The fourth-order valence-electron chi connectivity index (χ4n) is 1.48. The fourth-order valence-corrected chi connectivity index (χ4v) is 2.81. The number of amides is 1. The fraction of sp³-hybridized carbons (Fsp3) is 0.154. The van der Waals surface area contributed by atoms with Crippen LogP contribution in [-0.4, -0.2) is 12.5 Å². The van der Waals surface area contributed by atoms with Crippen molar-refractivity contribution >= 4 is 50.5 Å². The van der Waals surface area contributed by atoms with Crippen LogP contribution in [0.25, 0.3) is 0 Å². The molecule has 0 unspecified atom stereocenters. The quantitative estimate of drug-likeness (QED) is 0.850. The number of benzene rings is 1. The van der Waals surface area contributed by atoms with E-state index in [1.165, 1.54) is 11.3 Å². The van der Waals surface area contributed by atoms with E-state index in [-0.39, 0.29) is 12.5 Å². The Morgan fingerprint density at radius 1 is 1.21 bits per heavy atom. The molecule has 0 bridgehead atoms. The number of hydrogen-bond acceptors (Lipinski definition) is 3. The summed E-state index contributed by atoms with van der Waals surface area (Å²) in [5.41, 5.74) is 0.786. The second-order valence-corrected chi connectivity index (χ2v) is 6.58. The lowest BCUT2D eigenvalue weighted by atomic mass is 10.3. The van der Waals surface area contributed by atoms with E-state index in [0.717, 1.165) is 19.4 Å². The van der Waals surface area contributed by atoms with Crippen LogP contribution in [0.1, 0.15) is 4.88 Å². The molecule has 3 nitrogen and oxygen atoms in total. The molecule has 2 N–H and O–H groups in total. The van der Waals surface area contributed by atoms with E-state index in [9.17, 15) is 4.79 Å². The average molecular weight is 360 g/mol. The molecular weight excluding hydrogens is 348 g/mol. The number of thiophene rings is 1. The van der Waals surface area contributed by atoms with Crippen molar-refractivity contribution in [3.63, 3.8) is 0 Å². The highest BCUT2D eigenvalue weighted by atomic mass is 79.9. The molecule has 1 aromatic carbocycles. The third-order valence-electron chi connectivity index (χ3n) is 2.34. The minimum absolute atomic E-state index is 0.0648. The lowest BCUT2D eigenvalue weighted by Crippen LogP contribution is -2.27. The van der Waals surface area contributed by atoms with Gasteiger partial charge < -0.3 is 10.6 Å². The first-order valence-electron chi connectivity index (χ1n) is 5.64. The number of hydrogen-bond donors (Lipinski definition) is 2. The van der Waals surface area contributed by atoms with Crippen molar-refractivity contribution in [2.24, 2.45) is 0 Å². The number of anilines is 1. The molecule has 19 heavy (non-hydrogen) atoms. The predicted molar refractivity (Wildman–Crippen MR) is 83.8 cm³/mol. The minimum atomic E-state index is -0.0648. The molecule has 2 aromatic rings. The second kappa shape index (κ2) is 7.05. The highest BCUT2D eigenvalue weighted by Crippen LogP contribution is 2.20. The Hall–Kier alpha value is -0.880. The van der Waals surface area contributed by atoms with E-state index in [1.807, 2.05) is 36.4 Å². The minimum Gasteiger partial charge on any atom is -0.325 e. The second-order valence-electron chi connectivity index (χ2n) is 3.86. The Labute approximate surface area is 129 Å². The molecule has 100 valence electrons. The first-order valence-corrected chi connectivity index (χ1v) is 7.62. The van der Waals surface area contributed by atoms with Crippen LogP contribution in [0.2, 0.25) is 4.34 Å². The van der Waals surface area contributed by atoms with Crippen LogP contribution in [0.3, 0.4) is 0 Å². The van der Waals surface area contributed by atoms with Gasteiger partial charge >= 0.3 is 0 Å². The van der Waals surface area contributed by atoms with Crippen molar-refractivity contribution in [2.75, 3.05) is 11.9 Å². The largest absolute Gasteiger partial charge is 0.325 e. The summed E-state index contributed by atoms with van der Waals surface area (Å²) in [6.45, 7) is 0.913. The first kappa shape index (κ1) is 14.5. The maximum Gasteiger partial charge on any atom is 0.238 e. The standard InChI is InChI=1S/C13H12BrClN2OS/c14-9-1-3-10(4-2-9)17-13(18)8-16-7-11-5-6-12(15)19-11/h1-6,16H,7-8H2,(H,17,18). The summed E-state index contributed by atoms with van der Waals surface area (Å²) < 4.78 is 1.74. The predicted octanol–water partition coefficient (Wildman–Crippen LogP) is 3.89. The molecule has 0 aliphatic heterocycles. The van der Waals surface area contributed by atoms with Gasteiger partial charge in [-0.1, -0.05) is 27.5 Å². The number of nitrogens with one attached hydrogen (secondary N) is 2. The van der Waals surface area contributed by atoms with Crippen molar-refractivity contribution in [3.8, 4) is 0 Å². The third kappa shape index (κ3) is 4.95. The van der Waals surface area contributed by atoms with Crippen LogP contribution in [0.4, 0.5) is 5.69 Å². The third-order valence-corrected chi connectivity index (χ3v) is 4.10.